The Kier molecular flexibility index (Phi) is 10.9. The Balaban J connectivity index is 0.000000612. The number of amides is 1. The van der Waals surface area contributed by atoms with Gasteiger partial charge in [-0.3, -0.25) is 4.79 Å². The number of aliphatic carboxylic acids is 2. The van der Waals surface area contributed by atoms with Gasteiger partial charge in [-0.05, 0) is 51.1 Å². The first-order valence-electron chi connectivity index (χ1n) is 9.21. The first-order valence-corrected chi connectivity index (χ1v) is 10.0. The number of carboxylic acids is 2. The van der Waals surface area contributed by atoms with Gasteiger partial charge in [0.1, 0.15) is 5.00 Å². The highest BCUT2D eigenvalue weighted by molar-refractivity contribution is 7.17. The summed E-state index contributed by atoms with van der Waals surface area (Å²) >= 11 is 1.49. The second kappa shape index (κ2) is 12.9. The molecule has 0 atom stereocenters. The highest BCUT2D eigenvalue weighted by Crippen LogP contribution is 2.38. The number of anilines is 1. The number of aliphatic hydroxyl groups is 1. The molecule has 1 aliphatic rings. The molecule has 0 bridgehead atoms. The third-order valence-electron chi connectivity index (χ3n) is 3.88. The maximum absolute atomic E-state index is 12.3. The molecule has 29 heavy (non-hydrogen) atoms. The first kappa shape index (κ1) is 24.5. The number of rotatable bonds is 8. The molecule has 162 valence electrons. The lowest BCUT2D eigenvalue weighted by atomic mass is 9.95. The molecule has 1 aliphatic carbocycles. The monoisotopic (exact) mass is 430 g/mol. The first-order chi connectivity index (χ1) is 13.8. The van der Waals surface area contributed by atoms with Crippen molar-refractivity contribution in [3.05, 3.63) is 16.0 Å². The van der Waals surface area contributed by atoms with Crippen molar-refractivity contribution in [2.75, 3.05) is 31.6 Å². The zero-order valence-corrected chi connectivity index (χ0v) is 17.0. The Bertz CT molecular complexity index is 720. The Morgan fingerprint density at radius 3 is 2.34 bits per heavy atom. The lowest BCUT2D eigenvalue weighted by molar-refractivity contribution is -0.159. The van der Waals surface area contributed by atoms with Gasteiger partial charge in [0.25, 0.3) is 0 Å². The van der Waals surface area contributed by atoms with Crippen LogP contribution in [-0.2, 0) is 32.0 Å². The molecule has 0 aliphatic heterocycles. The summed E-state index contributed by atoms with van der Waals surface area (Å²) < 4.78 is 5.16. The highest BCUT2D eigenvalue weighted by atomic mass is 32.1. The molecule has 0 radical (unpaired) electrons. The van der Waals surface area contributed by atoms with Crippen molar-refractivity contribution in [2.24, 2.45) is 0 Å². The van der Waals surface area contributed by atoms with Crippen LogP contribution in [0.2, 0.25) is 0 Å². The van der Waals surface area contributed by atoms with Crippen LogP contribution in [0.4, 0.5) is 5.00 Å². The molecule has 0 fully saturated rings. The van der Waals surface area contributed by atoms with Crippen LogP contribution in [0.15, 0.2) is 0 Å². The summed E-state index contributed by atoms with van der Waals surface area (Å²) in [5, 5.41) is 29.9. The largest absolute Gasteiger partial charge is 0.473 e. The van der Waals surface area contributed by atoms with Crippen LogP contribution in [0, 0.1) is 0 Å². The van der Waals surface area contributed by atoms with E-state index < -0.39 is 11.9 Å². The number of aryl methyl sites for hydroxylation is 1. The maximum atomic E-state index is 12.3. The lowest BCUT2D eigenvalue weighted by Crippen LogP contribution is -2.29. The lowest BCUT2D eigenvalue weighted by Gasteiger charge is -2.12. The van der Waals surface area contributed by atoms with Crippen LogP contribution >= 0.6 is 11.3 Å². The minimum absolute atomic E-state index is 0.0965. The summed E-state index contributed by atoms with van der Waals surface area (Å²) in [6.07, 6.45) is 4.61. The maximum Gasteiger partial charge on any atom is 0.414 e. The summed E-state index contributed by atoms with van der Waals surface area (Å²) in [4.78, 5) is 43.7. The van der Waals surface area contributed by atoms with E-state index in [0.29, 0.717) is 30.1 Å². The van der Waals surface area contributed by atoms with Crippen LogP contribution in [0.25, 0.3) is 0 Å². The van der Waals surface area contributed by atoms with Gasteiger partial charge in [0.2, 0.25) is 5.91 Å². The average Bonchev–Trinajstić information content (AvgIpc) is 3.03. The Hall–Kier alpha value is -2.50. The molecule has 5 N–H and O–H groups in total. The molecule has 0 unspecified atom stereocenters. The predicted octanol–water partition coefficient (Wildman–Crippen LogP) is 0.870. The van der Waals surface area contributed by atoms with E-state index in [-0.39, 0.29) is 25.0 Å². The zero-order valence-electron chi connectivity index (χ0n) is 16.2. The number of esters is 1. The normalized spacial score (nSPS) is 12.2. The molecule has 1 aromatic rings. The minimum atomic E-state index is -1.82. The fourth-order valence-electron chi connectivity index (χ4n) is 2.65. The van der Waals surface area contributed by atoms with E-state index in [1.807, 2.05) is 0 Å². The number of thiophene rings is 1. The highest BCUT2D eigenvalue weighted by Gasteiger charge is 2.27. The summed E-state index contributed by atoms with van der Waals surface area (Å²) in [7, 11) is 0. The van der Waals surface area contributed by atoms with Crippen molar-refractivity contribution >= 4 is 40.2 Å². The number of ether oxygens (including phenoxy) is 1. The van der Waals surface area contributed by atoms with Crippen LogP contribution in [-0.4, -0.2) is 65.4 Å². The average molecular weight is 430 g/mol. The molecular formula is C18H26N2O8S. The number of hydrogen-bond donors (Lipinski definition) is 5. The summed E-state index contributed by atoms with van der Waals surface area (Å²) in [6.45, 7) is 2.93. The second-order valence-corrected chi connectivity index (χ2v) is 7.15. The molecule has 1 heterocycles. The van der Waals surface area contributed by atoms with Gasteiger partial charge < -0.3 is 30.7 Å². The third-order valence-corrected chi connectivity index (χ3v) is 5.09. The Labute approximate surface area is 171 Å². The SMILES string of the molecule is CCOC(=O)c1c(NC(=O)CNCCCO)sc2c1CCCC2.O=C(O)C(=O)O. The van der Waals surface area contributed by atoms with Crippen molar-refractivity contribution < 1.29 is 39.2 Å². The van der Waals surface area contributed by atoms with E-state index in [9.17, 15) is 9.59 Å². The van der Waals surface area contributed by atoms with Gasteiger partial charge in [-0.25, -0.2) is 14.4 Å². The molecular weight excluding hydrogens is 404 g/mol. The topological polar surface area (TPSA) is 162 Å². The number of carbonyl (C=O) groups excluding carboxylic acids is 2. The zero-order chi connectivity index (χ0) is 21.8. The smallest absolute Gasteiger partial charge is 0.414 e. The predicted molar refractivity (Wildman–Crippen MR) is 105 cm³/mol. The number of carboxylic acid groups (broad SMARTS) is 2. The van der Waals surface area contributed by atoms with Crippen molar-refractivity contribution in [1.82, 2.24) is 5.32 Å². The van der Waals surface area contributed by atoms with Crippen molar-refractivity contribution in [1.29, 1.82) is 0 Å². The number of nitrogens with one attached hydrogen (secondary N) is 2. The molecule has 1 aromatic heterocycles. The molecule has 11 heteroatoms. The summed E-state index contributed by atoms with van der Waals surface area (Å²) in [5.41, 5.74) is 1.58. The number of hydrogen-bond acceptors (Lipinski definition) is 8. The standard InChI is InChI=1S/C16H24N2O4S.C2H2O4/c1-2-22-16(21)14-11-6-3-4-7-12(11)23-15(14)18-13(20)10-17-8-5-9-19;3-1(4)2(5)6/h17,19H,2-10H2,1H3,(H,18,20);(H,3,4)(H,5,6). The van der Waals surface area contributed by atoms with Crippen LogP contribution in [0.1, 0.15) is 47.0 Å². The van der Waals surface area contributed by atoms with Gasteiger partial charge in [0.05, 0.1) is 18.7 Å². The fraction of sp³-hybridized carbons (Fsp3) is 0.556. The van der Waals surface area contributed by atoms with Gasteiger partial charge >= 0.3 is 17.9 Å². The van der Waals surface area contributed by atoms with Crippen LogP contribution < -0.4 is 10.6 Å². The van der Waals surface area contributed by atoms with E-state index in [2.05, 4.69) is 10.6 Å². The van der Waals surface area contributed by atoms with E-state index in [0.717, 1.165) is 31.2 Å². The van der Waals surface area contributed by atoms with E-state index >= 15 is 0 Å². The summed E-state index contributed by atoms with van der Waals surface area (Å²) in [5.74, 6) is -4.19. The fourth-order valence-corrected chi connectivity index (χ4v) is 3.94. The third kappa shape index (κ3) is 8.18. The number of fused-ring (bicyclic) bond motifs is 1. The molecule has 2 rings (SSSR count). The van der Waals surface area contributed by atoms with Crippen molar-refractivity contribution in [3.8, 4) is 0 Å². The minimum Gasteiger partial charge on any atom is -0.473 e. The molecule has 0 saturated carbocycles. The van der Waals surface area contributed by atoms with Crippen LogP contribution in [0.5, 0.6) is 0 Å². The van der Waals surface area contributed by atoms with Crippen molar-refractivity contribution in [2.45, 2.75) is 39.0 Å². The summed E-state index contributed by atoms with van der Waals surface area (Å²) in [6, 6.07) is 0. The Morgan fingerprint density at radius 2 is 1.76 bits per heavy atom. The van der Waals surface area contributed by atoms with Crippen LogP contribution in [0.3, 0.4) is 0 Å². The molecule has 10 nitrogen and oxygen atoms in total. The second-order valence-electron chi connectivity index (χ2n) is 6.05. The van der Waals surface area contributed by atoms with Gasteiger partial charge in [0, 0.05) is 11.5 Å². The van der Waals surface area contributed by atoms with E-state index in [4.69, 9.17) is 29.6 Å². The van der Waals surface area contributed by atoms with E-state index in [1.54, 1.807) is 6.92 Å². The van der Waals surface area contributed by atoms with E-state index in [1.165, 1.54) is 16.2 Å². The molecule has 1 amide bonds. The molecule has 0 spiro atoms. The molecule has 0 saturated heterocycles. The van der Waals surface area contributed by atoms with Gasteiger partial charge in [-0.2, -0.15) is 0 Å². The van der Waals surface area contributed by atoms with Gasteiger partial charge in [-0.15, -0.1) is 11.3 Å². The number of aliphatic hydroxyl groups excluding tert-OH is 1. The number of carbonyl (C=O) groups is 4. The molecule has 0 aromatic carbocycles. The quantitative estimate of drug-likeness (QED) is 0.229. The van der Waals surface area contributed by atoms with Gasteiger partial charge in [0.15, 0.2) is 0 Å². The van der Waals surface area contributed by atoms with Gasteiger partial charge in [-0.1, -0.05) is 0 Å². The van der Waals surface area contributed by atoms with Crippen molar-refractivity contribution in [3.63, 3.8) is 0 Å². The Morgan fingerprint density at radius 1 is 1.10 bits per heavy atom.